The molecule has 0 spiro atoms. The van der Waals surface area contributed by atoms with E-state index in [-0.39, 0.29) is 24.5 Å². The summed E-state index contributed by atoms with van der Waals surface area (Å²) in [6.45, 7) is 2.93. The number of hydrogen-bond acceptors (Lipinski definition) is 3. The molecule has 1 N–H and O–H groups in total. The van der Waals surface area contributed by atoms with Crippen LogP contribution in [0.15, 0.2) is 0 Å². The summed E-state index contributed by atoms with van der Waals surface area (Å²) in [7, 11) is 1.74. The number of hydrogen-bond donors (Lipinski definition) is 1. The summed E-state index contributed by atoms with van der Waals surface area (Å²) in [5.74, 6) is -0.00350. The highest BCUT2D eigenvalue weighted by Gasteiger charge is 2.23. The van der Waals surface area contributed by atoms with Crippen LogP contribution in [0.25, 0.3) is 0 Å². The molecular formula is C9H16N2O3. The van der Waals surface area contributed by atoms with Crippen LogP contribution in [-0.4, -0.2) is 49.6 Å². The van der Waals surface area contributed by atoms with Crippen molar-refractivity contribution in [3.63, 3.8) is 0 Å². The predicted octanol–water partition coefficient (Wildman–Crippen LogP) is -0.630. The highest BCUT2D eigenvalue weighted by Crippen LogP contribution is 2.02. The first kappa shape index (κ1) is 11.0. The molecule has 1 heterocycles. The van der Waals surface area contributed by atoms with Gasteiger partial charge in [0.1, 0.15) is 6.61 Å². The molecule has 0 aromatic rings. The molecule has 0 aromatic heterocycles. The Balaban J connectivity index is 2.26. The lowest BCUT2D eigenvalue weighted by atomic mass is 10.2. The smallest absolute Gasteiger partial charge is 0.248 e. The van der Waals surface area contributed by atoms with Crippen molar-refractivity contribution in [1.82, 2.24) is 10.2 Å². The van der Waals surface area contributed by atoms with Gasteiger partial charge in [-0.1, -0.05) is 6.92 Å². The summed E-state index contributed by atoms with van der Waals surface area (Å²) in [5, 5.41) is 2.74. The van der Waals surface area contributed by atoms with E-state index in [4.69, 9.17) is 4.74 Å². The molecule has 0 saturated carbocycles. The third-order valence-electron chi connectivity index (χ3n) is 2.19. The van der Waals surface area contributed by atoms with Crippen LogP contribution >= 0.6 is 0 Å². The Morgan fingerprint density at radius 2 is 2.43 bits per heavy atom. The average molecular weight is 200 g/mol. The Kier molecular flexibility index (Phi) is 3.88. The SMILES string of the molecule is CCC(=O)NCC1CN(C)C(=O)CO1. The van der Waals surface area contributed by atoms with Gasteiger partial charge in [-0.3, -0.25) is 9.59 Å². The number of carbonyl (C=O) groups excluding carboxylic acids is 2. The predicted molar refractivity (Wildman–Crippen MR) is 50.7 cm³/mol. The van der Waals surface area contributed by atoms with E-state index in [1.807, 2.05) is 0 Å². The van der Waals surface area contributed by atoms with E-state index in [1.54, 1.807) is 18.9 Å². The van der Waals surface area contributed by atoms with E-state index in [9.17, 15) is 9.59 Å². The zero-order valence-electron chi connectivity index (χ0n) is 8.58. The summed E-state index contributed by atoms with van der Waals surface area (Å²) in [4.78, 5) is 23.6. The van der Waals surface area contributed by atoms with Crippen LogP contribution in [0.4, 0.5) is 0 Å². The van der Waals surface area contributed by atoms with Crippen LogP contribution in [0.1, 0.15) is 13.3 Å². The lowest BCUT2D eigenvalue weighted by molar-refractivity contribution is -0.146. The molecule has 0 bridgehead atoms. The zero-order valence-corrected chi connectivity index (χ0v) is 8.58. The van der Waals surface area contributed by atoms with Crippen LogP contribution in [0.5, 0.6) is 0 Å². The van der Waals surface area contributed by atoms with E-state index in [0.29, 0.717) is 19.5 Å². The fourth-order valence-corrected chi connectivity index (χ4v) is 1.24. The van der Waals surface area contributed by atoms with Gasteiger partial charge >= 0.3 is 0 Å². The summed E-state index contributed by atoms with van der Waals surface area (Å²) in [5.41, 5.74) is 0. The molecule has 1 fully saturated rings. The van der Waals surface area contributed by atoms with Gasteiger partial charge in [0.05, 0.1) is 6.10 Å². The standard InChI is InChI=1S/C9H16N2O3/c1-3-8(12)10-4-7-5-11(2)9(13)6-14-7/h7H,3-6H2,1-2H3,(H,10,12). The van der Waals surface area contributed by atoms with Gasteiger partial charge in [-0.15, -0.1) is 0 Å². The van der Waals surface area contributed by atoms with Gasteiger partial charge in [-0.2, -0.15) is 0 Å². The molecule has 0 aliphatic carbocycles. The molecule has 0 aromatic carbocycles. The molecule has 80 valence electrons. The number of ether oxygens (including phenoxy) is 1. The highest BCUT2D eigenvalue weighted by molar-refractivity contribution is 5.78. The maximum Gasteiger partial charge on any atom is 0.248 e. The number of nitrogens with one attached hydrogen (secondary N) is 1. The molecule has 1 atom stereocenters. The molecular weight excluding hydrogens is 184 g/mol. The summed E-state index contributed by atoms with van der Waals surface area (Å²) >= 11 is 0. The maximum atomic E-state index is 11.0. The third kappa shape index (κ3) is 2.99. The Morgan fingerprint density at radius 3 is 3.00 bits per heavy atom. The number of rotatable bonds is 3. The Labute approximate surface area is 83.4 Å². The second kappa shape index (κ2) is 4.95. The fraction of sp³-hybridized carbons (Fsp3) is 0.778. The molecule has 1 saturated heterocycles. The van der Waals surface area contributed by atoms with Crippen molar-refractivity contribution >= 4 is 11.8 Å². The van der Waals surface area contributed by atoms with Crippen LogP contribution in [0.3, 0.4) is 0 Å². The average Bonchev–Trinajstić information content (AvgIpc) is 2.19. The Morgan fingerprint density at radius 1 is 1.71 bits per heavy atom. The van der Waals surface area contributed by atoms with Crippen molar-refractivity contribution in [3.8, 4) is 0 Å². The highest BCUT2D eigenvalue weighted by atomic mass is 16.5. The number of likely N-dealkylation sites (N-methyl/N-ethyl adjacent to an activating group) is 1. The second-order valence-electron chi connectivity index (χ2n) is 3.36. The number of nitrogens with zero attached hydrogens (tertiary/aromatic N) is 1. The first-order chi connectivity index (χ1) is 6.63. The van der Waals surface area contributed by atoms with Crippen LogP contribution in [0.2, 0.25) is 0 Å². The third-order valence-corrected chi connectivity index (χ3v) is 2.19. The van der Waals surface area contributed by atoms with Crippen molar-refractivity contribution in [2.75, 3.05) is 26.7 Å². The van der Waals surface area contributed by atoms with Crippen molar-refractivity contribution < 1.29 is 14.3 Å². The van der Waals surface area contributed by atoms with Gasteiger partial charge in [0.15, 0.2) is 0 Å². The Hall–Kier alpha value is -1.10. The normalized spacial score (nSPS) is 22.3. The lowest BCUT2D eigenvalue weighted by Gasteiger charge is -2.29. The van der Waals surface area contributed by atoms with Crippen molar-refractivity contribution in [3.05, 3.63) is 0 Å². The van der Waals surface area contributed by atoms with Gasteiger partial charge in [-0.05, 0) is 0 Å². The molecule has 0 radical (unpaired) electrons. The maximum absolute atomic E-state index is 11.0. The van der Waals surface area contributed by atoms with E-state index >= 15 is 0 Å². The van der Waals surface area contributed by atoms with Crippen LogP contribution in [-0.2, 0) is 14.3 Å². The molecule has 2 amide bonds. The largest absolute Gasteiger partial charge is 0.365 e. The molecule has 1 aliphatic rings. The number of morpholine rings is 1. The zero-order chi connectivity index (χ0) is 10.6. The van der Waals surface area contributed by atoms with Crippen molar-refractivity contribution in [1.29, 1.82) is 0 Å². The van der Waals surface area contributed by atoms with Gasteiger partial charge in [0.25, 0.3) is 0 Å². The second-order valence-corrected chi connectivity index (χ2v) is 3.36. The molecule has 1 unspecified atom stereocenters. The minimum absolute atomic E-state index is 0.00755. The van der Waals surface area contributed by atoms with Gasteiger partial charge in [0, 0.05) is 26.6 Å². The lowest BCUT2D eigenvalue weighted by Crippen LogP contribution is -2.48. The van der Waals surface area contributed by atoms with Crippen molar-refractivity contribution in [2.24, 2.45) is 0 Å². The van der Waals surface area contributed by atoms with E-state index in [2.05, 4.69) is 5.32 Å². The summed E-state index contributed by atoms with van der Waals surface area (Å²) < 4.78 is 5.25. The van der Waals surface area contributed by atoms with Crippen LogP contribution in [0, 0.1) is 0 Å². The van der Waals surface area contributed by atoms with Crippen LogP contribution < -0.4 is 5.32 Å². The molecule has 1 aliphatic heterocycles. The Bertz CT molecular complexity index is 230. The quantitative estimate of drug-likeness (QED) is 0.660. The first-order valence-corrected chi connectivity index (χ1v) is 4.75. The summed E-state index contributed by atoms with van der Waals surface area (Å²) in [6.07, 6.45) is 0.398. The molecule has 5 nitrogen and oxygen atoms in total. The first-order valence-electron chi connectivity index (χ1n) is 4.75. The molecule has 1 rings (SSSR count). The minimum atomic E-state index is -0.0757. The van der Waals surface area contributed by atoms with E-state index in [0.717, 1.165) is 0 Å². The monoisotopic (exact) mass is 200 g/mol. The molecule has 14 heavy (non-hydrogen) atoms. The van der Waals surface area contributed by atoms with Gasteiger partial charge in [-0.25, -0.2) is 0 Å². The number of carbonyl (C=O) groups is 2. The van der Waals surface area contributed by atoms with Crippen molar-refractivity contribution in [2.45, 2.75) is 19.4 Å². The fourth-order valence-electron chi connectivity index (χ4n) is 1.24. The van der Waals surface area contributed by atoms with Gasteiger partial charge < -0.3 is 15.0 Å². The number of amides is 2. The van der Waals surface area contributed by atoms with E-state index in [1.165, 1.54) is 0 Å². The van der Waals surface area contributed by atoms with E-state index < -0.39 is 0 Å². The summed E-state index contributed by atoms with van der Waals surface area (Å²) in [6, 6.07) is 0. The van der Waals surface area contributed by atoms with Gasteiger partial charge in [0.2, 0.25) is 11.8 Å². The topological polar surface area (TPSA) is 58.6 Å². The molecule has 5 heteroatoms. The minimum Gasteiger partial charge on any atom is -0.365 e.